The average Bonchev–Trinajstić information content (AvgIpc) is 2.07. The molecule has 1 saturated heterocycles. The largest absolute Gasteiger partial charge is 0.384 e. The minimum absolute atomic E-state index is 0.191. The van der Waals surface area contributed by atoms with Crippen LogP contribution in [0.3, 0.4) is 0 Å². The highest BCUT2D eigenvalue weighted by atomic mass is 32.1. The third-order valence-corrected chi connectivity index (χ3v) is 2.86. The van der Waals surface area contributed by atoms with Gasteiger partial charge in [0.15, 0.2) is 0 Å². The van der Waals surface area contributed by atoms with E-state index in [0.717, 1.165) is 32.0 Å². The Hall–Kier alpha value is 0.270. The summed E-state index contributed by atoms with van der Waals surface area (Å²) in [5.74, 6) is 0.862. The monoisotopic (exact) mass is 176 g/mol. The van der Waals surface area contributed by atoms with Gasteiger partial charge in [-0.3, -0.25) is 0 Å². The van der Waals surface area contributed by atoms with Crippen LogP contribution in [0.5, 0.6) is 0 Å². The molecule has 1 aliphatic heterocycles. The Kier molecular flexibility index (Phi) is 3.69. The smallest absolute Gasteiger partial charge is 0.0552 e. The lowest BCUT2D eigenvalue weighted by atomic mass is 9.85. The van der Waals surface area contributed by atoms with Crippen LogP contribution < -0.4 is 0 Å². The van der Waals surface area contributed by atoms with Gasteiger partial charge < -0.3 is 9.47 Å². The quantitative estimate of drug-likeness (QED) is 0.655. The fraction of sp³-hybridized carbons (Fsp3) is 1.00. The molecule has 0 aromatic heterocycles. The molecular formula is C8H16O2S. The molecule has 0 radical (unpaired) electrons. The van der Waals surface area contributed by atoms with Crippen LogP contribution in [-0.2, 0) is 9.47 Å². The molecule has 66 valence electrons. The molecule has 0 spiro atoms. The van der Waals surface area contributed by atoms with Crippen molar-refractivity contribution < 1.29 is 9.47 Å². The van der Waals surface area contributed by atoms with Gasteiger partial charge in [0.2, 0.25) is 0 Å². The van der Waals surface area contributed by atoms with Gasteiger partial charge in [-0.25, -0.2) is 0 Å². The number of hydrogen-bond donors (Lipinski definition) is 1. The van der Waals surface area contributed by atoms with Crippen molar-refractivity contribution in [2.45, 2.75) is 12.8 Å². The summed E-state index contributed by atoms with van der Waals surface area (Å²) >= 11 is 4.32. The van der Waals surface area contributed by atoms with Gasteiger partial charge >= 0.3 is 0 Å². The Balaban J connectivity index is 2.42. The van der Waals surface area contributed by atoms with Crippen molar-refractivity contribution in [3.05, 3.63) is 0 Å². The molecule has 1 aliphatic rings. The summed E-state index contributed by atoms with van der Waals surface area (Å²) in [6, 6.07) is 0. The van der Waals surface area contributed by atoms with Crippen LogP contribution in [-0.4, -0.2) is 32.7 Å². The van der Waals surface area contributed by atoms with E-state index in [1.54, 1.807) is 7.11 Å². The van der Waals surface area contributed by atoms with E-state index in [4.69, 9.17) is 9.47 Å². The van der Waals surface area contributed by atoms with Gasteiger partial charge in [0.25, 0.3) is 0 Å². The van der Waals surface area contributed by atoms with Gasteiger partial charge in [-0.2, -0.15) is 12.6 Å². The molecule has 0 bridgehead atoms. The molecule has 2 nitrogen and oxygen atoms in total. The minimum Gasteiger partial charge on any atom is -0.384 e. The Morgan fingerprint density at radius 1 is 1.64 bits per heavy atom. The maximum absolute atomic E-state index is 5.40. The molecular weight excluding hydrogens is 160 g/mol. The number of ether oxygens (including phenoxy) is 2. The predicted molar refractivity (Wildman–Crippen MR) is 48.2 cm³/mol. The number of hydrogen-bond acceptors (Lipinski definition) is 3. The Labute approximate surface area is 73.7 Å². The first-order valence-corrected chi connectivity index (χ1v) is 4.64. The molecule has 0 aromatic rings. The van der Waals surface area contributed by atoms with E-state index in [2.05, 4.69) is 12.6 Å². The highest BCUT2D eigenvalue weighted by Gasteiger charge is 2.31. The molecule has 1 unspecified atom stereocenters. The summed E-state index contributed by atoms with van der Waals surface area (Å²) < 4.78 is 10.5. The summed E-state index contributed by atoms with van der Waals surface area (Å²) in [6.45, 7) is 2.49. The van der Waals surface area contributed by atoms with Gasteiger partial charge in [-0.15, -0.1) is 0 Å². The number of methoxy groups -OCH3 is 1. The molecule has 1 atom stereocenters. The first kappa shape index (κ1) is 9.36. The van der Waals surface area contributed by atoms with E-state index in [-0.39, 0.29) is 5.41 Å². The second kappa shape index (κ2) is 4.33. The van der Waals surface area contributed by atoms with Crippen molar-refractivity contribution in [3.8, 4) is 0 Å². The second-order valence-corrected chi connectivity index (χ2v) is 3.56. The summed E-state index contributed by atoms with van der Waals surface area (Å²) in [5.41, 5.74) is 0.191. The van der Waals surface area contributed by atoms with E-state index in [1.807, 2.05) is 0 Å². The standard InChI is InChI=1S/C8H16O2S/c1-9-5-8(7-11)3-2-4-10-6-8/h11H,2-7H2,1H3. The zero-order valence-corrected chi connectivity index (χ0v) is 7.90. The second-order valence-electron chi connectivity index (χ2n) is 3.25. The molecule has 1 rings (SSSR count). The number of thiol groups is 1. The Morgan fingerprint density at radius 3 is 2.91 bits per heavy atom. The summed E-state index contributed by atoms with van der Waals surface area (Å²) in [6.07, 6.45) is 2.33. The topological polar surface area (TPSA) is 18.5 Å². The van der Waals surface area contributed by atoms with Gasteiger partial charge in [0.05, 0.1) is 13.2 Å². The van der Waals surface area contributed by atoms with Crippen LogP contribution in [0.2, 0.25) is 0 Å². The minimum atomic E-state index is 0.191. The third-order valence-electron chi connectivity index (χ3n) is 2.19. The van der Waals surface area contributed by atoms with Crippen LogP contribution >= 0.6 is 12.6 Å². The van der Waals surface area contributed by atoms with E-state index in [0.29, 0.717) is 0 Å². The maximum atomic E-state index is 5.40. The number of rotatable bonds is 3. The summed E-state index contributed by atoms with van der Waals surface area (Å²) in [7, 11) is 1.74. The fourth-order valence-corrected chi connectivity index (χ4v) is 1.84. The average molecular weight is 176 g/mol. The maximum Gasteiger partial charge on any atom is 0.0552 e. The van der Waals surface area contributed by atoms with Crippen molar-refractivity contribution in [1.29, 1.82) is 0 Å². The molecule has 1 fully saturated rings. The Morgan fingerprint density at radius 2 is 2.45 bits per heavy atom. The fourth-order valence-electron chi connectivity index (χ4n) is 1.50. The third kappa shape index (κ3) is 2.36. The van der Waals surface area contributed by atoms with Crippen molar-refractivity contribution >= 4 is 12.6 Å². The van der Waals surface area contributed by atoms with Crippen molar-refractivity contribution in [2.75, 3.05) is 32.7 Å². The first-order valence-electron chi connectivity index (χ1n) is 4.00. The zero-order valence-electron chi connectivity index (χ0n) is 7.01. The Bertz CT molecular complexity index is 105. The predicted octanol–water partition coefficient (Wildman–Crippen LogP) is 1.36. The van der Waals surface area contributed by atoms with Crippen molar-refractivity contribution in [2.24, 2.45) is 5.41 Å². The van der Waals surface area contributed by atoms with Crippen molar-refractivity contribution in [3.63, 3.8) is 0 Å². The SMILES string of the molecule is COCC1(CS)CCCOC1. The molecule has 1 heterocycles. The molecule has 0 amide bonds. The van der Waals surface area contributed by atoms with Crippen molar-refractivity contribution in [1.82, 2.24) is 0 Å². The van der Waals surface area contributed by atoms with E-state index < -0.39 is 0 Å². The van der Waals surface area contributed by atoms with Crippen LogP contribution in [0, 0.1) is 5.41 Å². The highest BCUT2D eigenvalue weighted by Crippen LogP contribution is 2.29. The van der Waals surface area contributed by atoms with E-state index in [9.17, 15) is 0 Å². The van der Waals surface area contributed by atoms with E-state index >= 15 is 0 Å². The summed E-state index contributed by atoms with van der Waals surface area (Å²) in [5, 5.41) is 0. The summed E-state index contributed by atoms with van der Waals surface area (Å²) in [4.78, 5) is 0. The van der Waals surface area contributed by atoms with Gasteiger partial charge in [-0.1, -0.05) is 0 Å². The molecule has 0 aromatic carbocycles. The van der Waals surface area contributed by atoms with Crippen LogP contribution in [0.4, 0.5) is 0 Å². The van der Waals surface area contributed by atoms with E-state index in [1.165, 1.54) is 6.42 Å². The van der Waals surface area contributed by atoms with Gasteiger partial charge in [0.1, 0.15) is 0 Å². The molecule has 3 heteroatoms. The van der Waals surface area contributed by atoms with Gasteiger partial charge in [0, 0.05) is 24.9 Å². The molecule has 11 heavy (non-hydrogen) atoms. The lowest BCUT2D eigenvalue weighted by Crippen LogP contribution is -2.37. The van der Waals surface area contributed by atoms with Crippen LogP contribution in [0.15, 0.2) is 0 Å². The lowest BCUT2D eigenvalue weighted by Gasteiger charge is -2.34. The van der Waals surface area contributed by atoms with Crippen LogP contribution in [0.25, 0.3) is 0 Å². The molecule has 0 N–H and O–H groups in total. The lowest BCUT2D eigenvalue weighted by molar-refractivity contribution is -0.0350. The molecule has 0 aliphatic carbocycles. The normalized spacial score (nSPS) is 32.2. The zero-order chi connectivity index (χ0) is 8.16. The van der Waals surface area contributed by atoms with Gasteiger partial charge in [-0.05, 0) is 12.8 Å². The van der Waals surface area contributed by atoms with Crippen LogP contribution in [0.1, 0.15) is 12.8 Å². The first-order chi connectivity index (χ1) is 5.33. The molecule has 0 saturated carbocycles. The highest BCUT2D eigenvalue weighted by molar-refractivity contribution is 7.80.